The molecule has 5 rings (SSSR count). The summed E-state index contributed by atoms with van der Waals surface area (Å²) in [6, 6.07) is 11.3. The first-order valence-corrected chi connectivity index (χ1v) is 10.5. The van der Waals surface area contributed by atoms with Crippen molar-refractivity contribution in [2.75, 3.05) is 37.6 Å². The molecule has 1 N–H and O–H groups in total. The molecule has 11 heteroatoms. The molecule has 3 aromatic heterocycles. The number of rotatable bonds is 6. The van der Waals surface area contributed by atoms with Crippen molar-refractivity contribution >= 4 is 11.6 Å². The van der Waals surface area contributed by atoms with Crippen molar-refractivity contribution in [2.45, 2.75) is 19.6 Å². The highest BCUT2D eigenvalue weighted by molar-refractivity contribution is 5.54. The van der Waals surface area contributed by atoms with Crippen LogP contribution in [0.25, 0.3) is 17.2 Å². The van der Waals surface area contributed by atoms with Crippen LogP contribution >= 0.6 is 0 Å². The molecule has 1 fully saturated rings. The number of benzene rings is 1. The van der Waals surface area contributed by atoms with Gasteiger partial charge in [0.05, 0.1) is 12.6 Å². The molecule has 0 amide bonds. The second-order valence-electron chi connectivity index (χ2n) is 7.92. The quantitative estimate of drug-likeness (QED) is 0.459. The topological polar surface area (TPSA) is 118 Å². The highest BCUT2D eigenvalue weighted by atomic mass is 16.5. The Morgan fingerprint density at radius 2 is 1.91 bits per heavy atom. The van der Waals surface area contributed by atoms with Crippen molar-refractivity contribution < 1.29 is 9.63 Å². The molecule has 1 aromatic carbocycles. The number of piperazine rings is 1. The number of hydrogen-bond donors (Lipinski definition) is 1. The van der Waals surface area contributed by atoms with Gasteiger partial charge in [0.1, 0.15) is 12.1 Å². The van der Waals surface area contributed by atoms with Gasteiger partial charge in [0.15, 0.2) is 5.82 Å². The molecule has 0 aliphatic carbocycles. The molecule has 11 nitrogen and oxygen atoms in total. The van der Waals surface area contributed by atoms with Crippen molar-refractivity contribution in [1.29, 1.82) is 0 Å². The summed E-state index contributed by atoms with van der Waals surface area (Å²) in [5.74, 6) is 1.40. The van der Waals surface area contributed by atoms with Gasteiger partial charge in [-0.25, -0.2) is 9.78 Å². The van der Waals surface area contributed by atoms with Gasteiger partial charge in [-0.3, -0.25) is 14.0 Å². The van der Waals surface area contributed by atoms with Crippen LogP contribution < -0.4 is 10.7 Å². The van der Waals surface area contributed by atoms with E-state index in [2.05, 4.69) is 30.0 Å². The van der Waals surface area contributed by atoms with Gasteiger partial charge >= 0.3 is 5.76 Å². The van der Waals surface area contributed by atoms with Gasteiger partial charge in [-0.1, -0.05) is 35.5 Å². The third kappa shape index (κ3) is 3.99. The largest absolute Gasteiger partial charge is 0.441 e. The Labute approximate surface area is 183 Å². The normalized spacial score (nSPS) is 16.0. The number of hydrogen-bond acceptors (Lipinski definition) is 9. The molecular weight excluding hydrogens is 412 g/mol. The molecule has 32 heavy (non-hydrogen) atoms. The summed E-state index contributed by atoms with van der Waals surface area (Å²) in [5, 5.41) is 18.9. The van der Waals surface area contributed by atoms with E-state index in [1.165, 1.54) is 10.9 Å². The van der Waals surface area contributed by atoms with Gasteiger partial charge in [-0.05, 0) is 6.92 Å². The minimum atomic E-state index is -0.730. The average molecular weight is 436 g/mol. The van der Waals surface area contributed by atoms with Crippen molar-refractivity contribution in [2.24, 2.45) is 0 Å². The maximum absolute atomic E-state index is 12.1. The molecule has 0 saturated carbocycles. The Morgan fingerprint density at radius 1 is 1.12 bits per heavy atom. The monoisotopic (exact) mass is 436 g/mol. The smallest absolute Gasteiger partial charge is 0.390 e. The molecule has 166 valence electrons. The van der Waals surface area contributed by atoms with Gasteiger partial charge in [-0.2, -0.15) is 14.6 Å². The van der Waals surface area contributed by atoms with Crippen LogP contribution in [0.3, 0.4) is 0 Å². The summed E-state index contributed by atoms with van der Waals surface area (Å²) in [7, 11) is 0. The number of nitrogens with zero attached hydrogens (tertiary/aromatic N) is 8. The summed E-state index contributed by atoms with van der Waals surface area (Å²) >= 11 is 0. The molecular formula is C21H24N8O3. The third-order valence-electron chi connectivity index (χ3n) is 5.64. The molecule has 1 aliphatic rings. The second-order valence-corrected chi connectivity index (χ2v) is 7.92. The van der Waals surface area contributed by atoms with Gasteiger partial charge in [-0.15, -0.1) is 0 Å². The molecule has 4 aromatic rings. The maximum Gasteiger partial charge on any atom is 0.441 e. The highest BCUT2D eigenvalue weighted by Crippen LogP contribution is 2.19. The number of aliphatic hydroxyl groups is 1. The first-order valence-electron chi connectivity index (χ1n) is 10.5. The fourth-order valence-electron chi connectivity index (χ4n) is 4.09. The average Bonchev–Trinajstić information content (AvgIpc) is 3.41. The zero-order valence-corrected chi connectivity index (χ0v) is 17.7. The summed E-state index contributed by atoms with van der Waals surface area (Å²) in [6.45, 7) is 5.64. The molecule has 1 unspecified atom stereocenters. The summed E-state index contributed by atoms with van der Waals surface area (Å²) in [5.41, 5.74) is 1.66. The molecule has 0 spiro atoms. The van der Waals surface area contributed by atoms with Gasteiger partial charge < -0.3 is 10.0 Å². The Hall–Kier alpha value is -3.57. The van der Waals surface area contributed by atoms with Crippen LogP contribution in [0, 0.1) is 6.92 Å². The van der Waals surface area contributed by atoms with E-state index in [4.69, 9.17) is 4.52 Å². The van der Waals surface area contributed by atoms with Gasteiger partial charge in [0.25, 0.3) is 5.78 Å². The maximum atomic E-state index is 12.1. The number of β-amino-alcohol motifs (C(OH)–C–C–N with tert-alkyl or cyclic N) is 1. The van der Waals surface area contributed by atoms with E-state index in [9.17, 15) is 9.90 Å². The van der Waals surface area contributed by atoms with Crippen LogP contribution in [0.5, 0.6) is 0 Å². The van der Waals surface area contributed by atoms with Crippen LogP contribution in [-0.2, 0) is 6.54 Å². The van der Waals surface area contributed by atoms with Gasteiger partial charge in [0, 0.05) is 50.0 Å². The van der Waals surface area contributed by atoms with E-state index in [1.54, 1.807) is 4.52 Å². The van der Waals surface area contributed by atoms with Crippen LogP contribution in [-0.4, -0.2) is 78.1 Å². The van der Waals surface area contributed by atoms with E-state index >= 15 is 0 Å². The van der Waals surface area contributed by atoms with Crippen LogP contribution in [0.15, 0.2) is 52.0 Å². The zero-order valence-electron chi connectivity index (χ0n) is 17.7. The van der Waals surface area contributed by atoms with Crippen molar-refractivity contribution in [3.63, 3.8) is 0 Å². The fourth-order valence-corrected chi connectivity index (χ4v) is 4.09. The molecule has 1 aliphatic heterocycles. The number of aliphatic hydroxyl groups excluding tert-OH is 1. The number of aromatic nitrogens is 6. The highest BCUT2D eigenvalue weighted by Gasteiger charge is 2.23. The lowest BCUT2D eigenvalue weighted by Gasteiger charge is -2.36. The molecule has 0 bridgehead atoms. The van der Waals surface area contributed by atoms with E-state index < -0.39 is 11.9 Å². The Balaban J connectivity index is 1.22. The SMILES string of the molecule is Cc1cc(N2CCN(CC(O)Cn3c(-c4ccccc4)noc3=O)CC2)n2ncnc2n1. The first kappa shape index (κ1) is 20.3. The number of anilines is 1. The Morgan fingerprint density at radius 3 is 2.69 bits per heavy atom. The number of fused-ring (bicyclic) bond motifs is 1. The lowest BCUT2D eigenvalue weighted by molar-refractivity contribution is 0.0935. The summed E-state index contributed by atoms with van der Waals surface area (Å²) in [4.78, 5) is 25.2. The van der Waals surface area contributed by atoms with E-state index in [-0.39, 0.29) is 6.54 Å². The van der Waals surface area contributed by atoms with E-state index in [0.29, 0.717) is 18.1 Å². The van der Waals surface area contributed by atoms with Crippen molar-refractivity contribution in [3.8, 4) is 11.4 Å². The van der Waals surface area contributed by atoms with E-state index in [0.717, 1.165) is 43.3 Å². The third-order valence-corrected chi connectivity index (χ3v) is 5.64. The fraction of sp³-hybridized carbons (Fsp3) is 0.381. The Kier molecular flexibility index (Phi) is 5.41. The standard InChI is InChI=1S/C21H24N8O3/c1-15-11-18(29-20(24-15)22-14-23-29)27-9-7-26(8-10-27)12-17(30)13-28-19(25-32-21(28)31)16-5-3-2-4-6-16/h2-6,11,14,17,30H,7-10,12-13H2,1H3. The predicted octanol–water partition coefficient (Wildman–Crippen LogP) is 0.433. The molecule has 1 saturated heterocycles. The van der Waals surface area contributed by atoms with Crippen LogP contribution in [0.4, 0.5) is 5.82 Å². The van der Waals surface area contributed by atoms with Crippen molar-refractivity contribution in [3.05, 3.63) is 59.0 Å². The molecule has 0 radical (unpaired) electrons. The zero-order chi connectivity index (χ0) is 22.1. The summed E-state index contributed by atoms with van der Waals surface area (Å²) < 4.78 is 7.99. The Bertz CT molecular complexity index is 1260. The molecule has 1 atom stereocenters. The van der Waals surface area contributed by atoms with Crippen molar-refractivity contribution in [1.82, 2.24) is 34.2 Å². The minimum absolute atomic E-state index is 0.121. The van der Waals surface area contributed by atoms with E-state index in [1.807, 2.05) is 43.3 Å². The lowest BCUT2D eigenvalue weighted by atomic mass is 10.2. The van der Waals surface area contributed by atoms with Crippen LogP contribution in [0.2, 0.25) is 0 Å². The lowest BCUT2D eigenvalue weighted by Crippen LogP contribution is -2.49. The minimum Gasteiger partial charge on any atom is -0.390 e. The second kappa shape index (κ2) is 8.52. The molecule has 4 heterocycles. The predicted molar refractivity (Wildman–Crippen MR) is 116 cm³/mol. The van der Waals surface area contributed by atoms with Gasteiger partial charge in [0.2, 0.25) is 0 Å². The first-order chi connectivity index (χ1) is 15.6. The summed E-state index contributed by atoms with van der Waals surface area (Å²) in [6.07, 6.45) is 0.778. The number of aryl methyl sites for hydroxylation is 1. The van der Waals surface area contributed by atoms with Crippen LogP contribution in [0.1, 0.15) is 5.69 Å².